The Labute approximate surface area is 94.5 Å². The van der Waals surface area contributed by atoms with Crippen LogP contribution in [0.1, 0.15) is 19.0 Å². The molecule has 2 aromatic rings. The van der Waals surface area contributed by atoms with Crippen LogP contribution in [0.4, 0.5) is 5.69 Å². The van der Waals surface area contributed by atoms with Gasteiger partial charge in [-0.15, -0.1) is 0 Å². The normalized spacial score (nSPS) is 10.4. The van der Waals surface area contributed by atoms with Crippen LogP contribution >= 0.6 is 0 Å². The molecule has 0 saturated heterocycles. The van der Waals surface area contributed by atoms with Gasteiger partial charge in [0.25, 0.3) is 0 Å². The van der Waals surface area contributed by atoms with E-state index in [9.17, 15) is 4.79 Å². The fraction of sp³-hybridized carbons (Fsp3) is 0.231. The molecular formula is C13H14N2O. The zero-order valence-corrected chi connectivity index (χ0v) is 9.45. The van der Waals surface area contributed by atoms with Crippen LogP contribution in [0.5, 0.6) is 0 Å². The number of anilines is 1. The summed E-state index contributed by atoms with van der Waals surface area (Å²) in [6.07, 6.45) is 0.474. The lowest BCUT2D eigenvalue weighted by Gasteiger charge is -2.07. The molecule has 0 unspecified atom stereocenters. The van der Waals surface area contributed by atoms with E-state index < -0.39 is 0 Å². The maximum atomic E-state index is 11.4. The smallest absolute Gasteiger partial charge is 0.224 e. The molecule has 0 fully saturated rings. The number of para-hydroxylation sites is 1. The minimum absolute atomic E-state index is 0.0100. The topological polar surface area (TPSA) is 42.0 Å². The van der Waals surface area contributed by atoms with Gasteiger partial charge in [-0.2, -0.15) is 0 Å². The van der Waals surface area contributed by atoms with Crippen molar-refractivity contribution >= 4 is 22.5 Å². The van der Waals surface area contributed by atoms with E-state index in [1.807, 2.05) is 44.2 Å². The molecule has 0 aliphatic carbocycles. The van der Waals surface area contributed by atoms with Crippen LogP contribution in [0.25, 0.3) is 10.9 Å². The highest BCUT2D eigenvalue weighted by atomic mass is 16.1. The maximum absolute atomic E-state index is 11.4. The van der Waals surface area contributed by atoms with Crippen molar-refractivity contribution in [3.63, 3.8) is 0 Å². The van der Waals surface area contributed by atoms with E-state index in [4.69, 9.17) is 0 Å². The Hall–Kier alpha value is -1.90. The predicted octanol–water partition coefficient (Wildman–Crippen LogP) is 2.89. The van der Waals surface area contributed by atoms with Gasteiger partial charge in [-0.1, -0.05) is 25.1 Å². The number of hydrogen-bond acceptors (Lipinski definition) is 2. The number of aryl methyl sites for hydroxylation is 1. The fourth-order valence-electron chi connectivity index (χ4n) is 1.58. The first-order valence-corrected chi connectivity index (χ1v) is 5.37. The molecule has 0 aliphatic heterocycles. The van der Waals surface area contributed by atoms with E-state index in [0.717, 1.165) is 22.3 Å². The second kappa shape index (κ2) is 4.31. The summed E-state index contributed by atoms with van der Waals surface area (Å²) < 4.78 is 0. The average Bonchev–Trinajstić information content (AvgIpc) is 2.29. The maximum Gasteiger partial charge on any atom is 0.224 e. The second-order valence-corrected chi connectivity index (χ2v) is 3.73. The molecule has 3 heteroatoms. The van der Waals surface area contributed by atoms with Crippen LogP contribution in [0, 0.1) is 6.92 Å². The van der Waals surface area contributed by atoms with Crippen molar-refractivity contribution in [1.82, 2.24) is 4.98 Å². The van der Waals surface area contributed by atoms with Crippen molar-refractivity contribution in [3.8, 4) is 0 Å². The number of amides is 1. The van der Waals surface area contributed by atoms with Crippen molar-refractivity contribution in [3.05, 3.63) is 36.0 Å². The lowest BCUT2D eigenvalue weighted by molar-refractivity contribution is -0.115. The molecule has 2 rings (SSSR count). The second-order valence-electron chi connectivity index (χ2n) is 3.73. The summed E-state index contributed by atoms with van der Waals surface area (Å²) in [5.41, 5.74) is 2.59. The zero-order valence-electron chi connectivity index (χ0n) is 9.45. The molecule has 3 nitrogen and oxygen atoms in total. The SMILES string of the molecule is CCC(=O)Nc1cccc2ccc(C)nc12. The van der Waals surface area contributed by atoms with Gasteiger partial charge in [0.2, 0.25) is 5.91 Å². The quantitative estimate of drug-likeness (QED) is 0.835. The van der Waals surface area contributed by atoms with Crippen molar-refractivity contribution < 1.29 is 4.79 Å². The number of rotatable bonds is 2. The molecule has 0 aliphatic rings. The van der Waals surface area contributed by atoms with E-state index in [-0.39, 0.29) is 5.91 Å². The van der Waals surface area contributed by atoms with Gasteiger partial charge in [0.1, 0.15) is 0 Å². The number of benzene rings is 1. The minimum atomic E-state index is 0.0100. The number of nitrogens with one attached hydrogen (secondary N) is 1. The average molecular weight is 214 g/mol. The molecule has 0 saturated carbocycles. The van der Waals surface area contributed by atoms with Gasteiger partial charge in [-0.05, 0) is 19.1 Å². The number of pyridine rings is 1. The lowest BCUT2D eigenvalue weighted by Crippen LogP contribution is -2.10. The van der Waals surface area contributed by atoms with Crippen molar-refractivity contribution in [2.24, 2.45) is 0 Å². The van der Waals surface area contributed by atoms with Crippen LogP contribution in [0.2, 0.25) is 0 Å². The Morgan fingerprint density at radius 3 is 2.88 bits per heavy atom. The number of aromatic nitrogens is 1. The van der Waals surface area contributed by atoms with Crippen molar-refractivity contribution in [1.29, 1.82) is 0 Å². The Kier molecular flexibility index (Phi) is 2.86. The highest BCUT2D eigenvalue weighted by molar-refractivity contribution is 6.00. The van der Waals surface area contributed by atoms with Crippen LogP contribution in [0.3, 0.4) is 0 Å². The summed E-state index contributed by atoms with van der Waals surface area (Å²) in [6.45, 7) is 3.77. The van der Waals surface area contributed by atoms with E-state index in [2.05, 4.69) is 10.3 Å². The first kappa shape index (κ1) is 10.6. The molecular weight excluding hydrogens is 200 g/mol. The molecule has 16 heavy (non-hydrogen) atoms. The third kappa shape index (κ3) is 2.03. The zero-order chi connectivity index (χ0) is 11.5. The van der Waals surface area contributed by atoms with Crippen LogP contribution < -0.4 is 5.32 Å². The number of hydrogen-bond donors (Lipinski definition) is 1. The Morgan fingerprint density at radius 1 is 1.31 bits per heavy atom. The first-order chi connectivity index (χ1) is 7.70. The largest absolute Gasteiger partial charge is 0.324 e. The number of nitrogens with zero attached hydrogens (tertiary/aromatic N) is 1. The van der Waals surface area contributed by atoms with Crippen molar-refractivity contribution in [2.45, 2.75) is 20.3 Å². The Bertz CT molecular complexity index is 534. The third-order valence-corrected chi connectivity index (χ3v) is 2.45. The third-order valence-electron chi connectivity index (χ3n) is 2.45. The van der Waals surface area contributed by atoms with Gasteiger partial charge in [0, 0.05) is 17.5 Å². The first-order valence-electron chi connectivity index (χ1n) is 5.37. The minimum Gasteiger partial charge on any atom is -0.324 e. The summed E-state index contributed by atoms with van der Waals surface area (Å²) in [5, 5.41) is 3.90. The standard InChI is InChI=1S/C13H14N2O/c1-3-12(16)15-11-6-4-5-10-8-7-9(2)14-13(10)11/h4-8H,3H2,1-2H3,(H,15,16). The molecule has 1 amide bonds. The fourth-order valence-corrected chi connectivity index (χ4v) is 1.58. The highest BCUT2D eigenvalue weighted by Gasteiger charge is 2.04. The van der Waals surface area contributed by atoms with Gasteiger partial charge in [-0.25, -0.2) is 0 Å². The summed E-state index contributed by atoms with van der Waals surface area (Å²) >= 11 is 0. The van der Waals surface area contributed by atoms with Gasteiger partial charge < -0.3 is 5.32 Å². The Morgan fingerprint density at radius 2 is 2.12 bits per heavy atom. The summed E-state index contributed by atoms with van der Waals surface area (Å²) in [5.74, 6) is 0.0100. The van der Waals surface area contributed by atoms with Gasteiger partial charge >= 0.3 is 0 Å². The number of fused-ring (bicyclic) bond motifs is 1. The predicted molar refractivity (Wildman–Crippen MR) is 65.4 cm³/mol. The van der Waals surface area contributed by atoms with Gasteiger partial charge in [0.05, 0.1) is 11.2 Å². The van der Waals surface area contributed by atoms with E-state index >= 15 is 0 Å². The monoisotopic (exact) mass is 214 g/mol. The van der Waals surface area contributed by atoms with E-state index in [1.54, 1.807) is 0 Å². The molecule has 1 aromatic heterocycles. The van der Waals surface area contributed by atoms with E-state index in [0.29, 0.717) is 6.42 Å². The molecule has 1 N–H and O–H groups in total. The van der Waals surface area contributed by atoms with Gasteiger partial charge in [0.15, 0.2) is 0 Å². The summed E-state index contributed by atoms with van der Waals surface area (Å²) in [6, 6.07) is 9.77. The van der Waals surface area contributed by atoms with E-state index in [1.165, 1.54) is 0 Å². The molecule has 0 atom stereocenters. The lowest BCUT2D eigenvalue weighted by atomic mass is 10.1. The molecule has 0 spiro atoms. The summed E-state index contributed by atoms with van der Waals surface area (Å²) in [4.78, 5) is 15.8. The molecule has 0 bridgehead atoms. The Balaban J connectivity index is 2.52. The van der Waals surface area contributed by atoms with Crippen LogP contribution in [0.15, 0.2) is 30.3 Å². The van der Waals surface area contributed by atoms with Crippen LogP contribution in [-0.4, -0.2) is 10.9 Å². The van der Waals surface area contributed by atoms with Crippen molar-refractivity contribution in [2.75, 3.05) is 5.32 Å². The molecule has 82 valence electrons. The molecule has 1 heterocycles. The van der Waals surface area contributed by atoms with Crippen LogP contribution in [-0.2, 0) is 4.79 Å². The van der Waals surface area contributed by atoms with Gasteiger partial charge in [-0.3, -0.25) is 9.78 Å². The summed E-state index contributed by atoms with van der Waals surface area (Å²) in [7, 11) is 0. The molecule has 0 radical (unpaired) electrons. The number of carbonyl (C=O) groups is 1. The highest BCUT2D eigenvalue weighted by Crippen LogP contribution is 2.21. The molecule has 1 aromatic carbocycles. The number of carbonyl (C=O) groups excluding carboxylic acids is 1.